The quantitative estimate of drug-likeness (QED) is 0.544. The molecule has 0 atom stereocenters. The molecule has 0 saturated carbocycles. The van der Waals surface area contributed by atoms with Gasteiger partial charge in [-0.15, -0.1) is 0 Å². The van der Waals surface area contributed by atoms with E-state index in [-0.39, 0.29) is 31.6 Å². The number of benzene rings is 1. The lowest BCUT2D eigenvalue weighted by atomic mass is 10.2. The number of carboxylic acid groups (broad SMARTS) is 2. The Labute approximate surface area is 114 Å². The van der Waals surface area contributed by atoms with Crippen molar-refractivity contribution in [1.82, 2.24) is 0 Å². The van der Waals surface area contributed by atoms with Crippen LogP contribution in [-0.2, 0) is 14.3 Å². The number of ether oxygens (including phenoxy) is 2. The molecule has 108 valence electrons. The van der Waals surface area contributed by atoms with Crippen LogP contribution in [-0.4, -0.2) is 41.3 Å². The zero-order valence-electron chi connectivity index (χ0n) is 10.6. The molecule has 0 unspecified atom stereocenters. The van der Waals surface area contributed by atoms with E-state index in [0.29, 0.717) is 5.75 Å². The van der Waals surface area contributed by atoms with Crippen molar-refractivity contribution in [1.29, 1.82) is 0 Å². The predicted octanol–water partition coefficient (Wildman–Crippen LogP) is 1.17. The number of carboxylic acids is 2. The van der Waals surface area contributed by atoms with Crippen LogP contribution in [0.4, 0.5) is 0 Å². The van der Waals surface area contributed by atoms with Gasteiger partial charge in [0.1, 0.15) is 19.0 Å². The monoisotopic (exact) mass is 282 g/mol. The highest BCUT2D eigenvalue weighted by molar-refractivity contribution is 5.87. The van der Waals surface area contributed by atoms with E-state index >= 15 is 0 Å². The molecule has 7 nitrogen and oxygen atoms in total. The predicted molar refractivity (Wildman–Crippen MR) is 66.7 cm³/mol. The summed E-state index contributed by atoms with van der Waals surface area (Å²) in [5, 5.41) is 17.1. The average molecular weight is 282 g/mol. The van der Waals surface area contributed by atoms with Crippen LogP contribution in [0.3, 0.4) is 0 Å². The van der Waals surface area contributed by atoms with Crippen LogP contribution in [0.5, 0.6) is 5.75 Å². The van der Waals surface area contributed by atoms with Crippen molar-refractivity contribution in [2.75, 3.05) is 13.2 Å². The highest BCUT2D eigenvalue weighted by atomic mass is 16.6. The zero-order valence-corrected chi connectivity index (χ0v) is 10.6. The first kappa shape index (κ1) is 15.5. The van der Waals surface area contributed by atoms with Gasteiger partial charge >= 0.3 is 17.9 Å². The fourth-order valence-corrected chi connectivity index (χ4v) is 1.29. The third-order valence-electron chi connectivity index (χ3n) is 2.26. The van der Waals surface area contributed by atoms with Crippen molar-refractivity contribution in [3.8, 4) is 5.75 Å². The van der Waals surface area contributed by atoms with Crippen LogP contribution in [0.2, 0.25) is 0 Å². The summed E-state index contributed by atoms with van der Waals surface area (Å²) >= 11 is 0. The minimum atomic E-state index is -1.06. The van der Waals surface area contributed by atoms with E-state index in [9.17, 15) is 14.4 Å². The van der Waals surface area contributed by atoms with E-state index in [0.717, 1.165) is 0 Å². The molecule has 0 saturated heterocycles. The molecular formula is C13H14O7. The zero-order chi connectivity index (χ0) is 15.0. The lowest BCUT2D eigenvalue weighted by Crippen LogP contribution is -2.13. The van der Waals surface area contributed by atoms with Crippen LogP contribution in [0.25, 0.3) is 0 Å². The van der Waals surface area contributed by atoms with Gasteiger partial charge in [-0.1, -0.05) is 0 Å². The lowest BCUT2D eigenvalue weighted by molar-refractivity contribution is -0.148. The van der Waals surface area contributed by atoms with Crippen molar-refractivity contribution in [3.63, 3.8) is 0 Å². The van der Waals surface area contributed by atoms with Gasteiger partial charge in [0.15, 0.2) is 0 Å². The van der Waals surface area contributed by atoms with Crippen LogP contribution < -0.4 is 4.74 Å². The molecule has 0 aliphatic carbocycles. The molecule has 0 spiro atoms. The third kappa shape index (κ3) is 5.85. The molecule has 1 rings (SSSR count). The summed E-state index contributed by atoms with van der Waals surface area (Å²) < 4.78 is 9.98. The largest absolute Gasteiger partial charge is 0.490 e. The fraction of sp³-hybridized carbons (Fsp3) is 0.308. The Balaban J connectivity index is 2.22. The first-order valence-corrected chi connectivity index (χ1v) is 5.82. The maximum atomic E-state index is 11.1. The van der Waals surface area contributed by atoms with E-state index in [1.165, 1.54) is 24.3 Å². The molecule has 20 heavy (non-hydrogen) atoms. The number of aromatic carboxylic acids is 1. The van der Waals surface area contributed by atoms with E-state index < -0.39 is 17.9 Å². The molecule has 7 heteroatoms. The van der Waals surface area contributed by atoms with Gasteiger partial charge in [0.05, 0.1) is 18.4 Å². The number of rotatable bonds is 8. The standard InChI is InChI=1S/C13H14O7/c14-11(15)5-6-12(16)20-8-7-19-10-3-1-9(2-4-10)13(17)18/h1-4H,5-8H2,(H,14,15)(H,17,18). The first-order valence-electron chi connectivity index (χ1n) is 5.82. The van der Waals surface area contributed by atoms with Crippen LogP contribution >= 0.6 is 0 Å². The summed E-state index contributed by atoms with van der Waals surface area (Å²) in [6, 6.07) is 5.79. The molecule has 0 aromatic heterocycles. The number of carbonyl (C=O) groups is 3. The maximum absolute atomic E-state index is 11.1. The minimum Gasteiger partial charge on any atom is -0.490 e. The number of carbonyl (C=O) groups excluding carboxylic acids is 1. The minimum absolute atomic E-state index is 0.000859. The molecule has 2 N–H and O–H groups in total. The van der Waals surface area contributed by atoms with E-state index in [2.05, 4.69) is 0 Å². The number of hydrogen-bond donors (Lipinski definition) is 2. The van der Waals surface area contributed by atoms with Gasteiger partial charge in [-0.2, -0.15) is 0 Å². The maximum Gasteiger partial charge on any atom is 0.335 e. The van der Waals surface area contributed by atoms with Crippen LogP contribution in [0.15, 0.2) is 24.3 Å². The Morgan fingerprint density at radius 2 is 1.60 bits per heavy atom. The van der Waals surface area contributed by atoms with Crippen LogP contribution in [0, 0.1) is 0 Å². The second kappa shape index (κ2) is 7.78. The molecule has 0 fully saturated rings. The van der Waals surface area contributed by atoms with Crippen molar-refractivity contribution in [2.24, 2.45) is 0 Å². The van der Waals surface area contributed by atoms with Gasteiger partial charge in [-0.25, -0.2) is 4.79 Å². The molecule has 0 bridgehead atoms. The summed E-state index contributed by atoms with van der Waals surface area (Å²) in [6.45, 7) is 0.102. The van der Waals surface area contributed by atoms with Crippen molar-refractivity contribution < 1.29 is 34.1 Å². The van der Waals surface area contributed by atoms with Crippen molar-refractivity contribution in [2.45, 2.75) is 12.8 Å². The third-order valence-corrected chi connectivity index (χ3v) is 2.26. The van der Waals surface area contributed by atoms with Gasteiger partial charge in [-0.05, 0) is 24.3 Å². The molecule has 0 radical (unpaired) electrons. The normalized spacial score (nSPS) is 9.80. The Morgan fingerprint density at radius 1 is 0.950 bits per heavy atom. The summed E-state index contributed by atoms with van der Waals surface area (Å²) in [4.78, 5) is 31.9. The molecule has 0 aliphatic heterocycles. The molecule has 1 aromatic carbocycles. The number of hydrogen-bond acceptors (Lipinski definition) is 5. The van der Waals surface area contributed by atoms with Gasteiger partial charge in [-0.3, -0.25) is 9.59 Å². The molecular weight excluding hydrogens is 268 g/mol. The Bertz CT molecular complexity index is 478. The summed E-state index contributed by atoms with van der Waals surface area (Å²) in [6.07, 6.45) is -0.445. The van der Waals surface area contributed by atoms with Crippen molar-refractivity contribution >= 4 is 17.9 Å². The number of aliphatic carboxylic acids is 1. The smallest absolute Gasteiger partial charge is 0.335 e. The highest BCUT2D eigenvalue weighted by Crippen LogP contribution is 2.11. The van der Waals surface area contributed by atoms with Gasteiger partial charge < -0.3 is 19.7 Å². The Kier molecular flexibility index (Phi) is 6.02. The highest BCUT2D eigenvalue weighted by Gasteiger charge is 2.06. The fourth-order valence-electron chi connectivity index (χ4n) is 1.29. The molecule has 1 aromatic rings. The SMILES string of the molecule is O=C(O)CCC(=O)OCCOc1ccc(C(=O)O)cc1. The molecule has 0 heterocycles. The van der Waals surface area contributed by atoms with Gasteiger partial charge in [0.25, 0.3) is 0 Å². The second-order valence-electron chi connectivity index (χ2n) is 3.79. The second-order valence-corrected chi connectivity index (χ2v) is 3.79. The summed E-state index contributed by atoms with van der Waals surface area (Å²) in [7, 11) is 0. The molecule has 0 aliphatic rings. The summed E-state index contributed by atoms with van der Waals surface area (Å²) in [5.41, 5.74) is 0.150. The average Bonchev–Trinajstić information content (AvgIpc) is 2.42. The summed E-state index contributed by atoms with van der Waals surface area (Å²) in [5.74, 6) is -2.23. The number of esters is 1. The van der Waals surface area contributed by atoms with Crippen LogP contribution in [0.1, 0.15) is 23.2 Å². The Morgan fingerprint density at radius 3 is 2.15 bits per heavy atom. The Hall–Kier alpha value is -2.57. The van der Waals surface area contributed by atoms with Gasteiger partial charge in [0.2, 0.25) is 0 Å². The van der Waals surface area contributed by atoms with E-state index in [4.69, 9.17) is 19.7 Å². The van der Waals surface area contributed by atoms with Crippen molar-refractivity contribution in [3.05, 3.63) is 29.8 Å². The molecule has 0 amide bonds. The van der Waals surface area contributed by atoms with E-state index in [1.807, 2.05) is 0 Å². The topological polar surface area (TPSA) is 110 Å². The van der Waals surface area contributed by atoms with Gasteiger partial charge in [0, 0.05) is 0 Å². The van der Waals surface area contributed by atoms with E-state index in [1.54, 1.807) is 0 Å². The first-order chi connectivity index (χ1) is 9.49. The lowest BCUT2D eigenvalue weighted by Gasteiger charge is -2.07.